The van der Waals surface area contributed by atoms with E-state index in [1.807, 2.05) is 23.6 Å². The average Bonchev–Trinajstić information content (AvgIpc) is 3.11. The molecule has 1 aliphatic heterocycles. The van der Waals surface area contributed by atoms with Gasteiger partial charge in [-0.2, -0.15) is 4.31 Å². The zero-order chi connectivity index (χ0) is 21.6. The van der Waals surface area contributed by atoms with Gasteiger partial charge in [0.25, 0.3) is 0 Å². The fourth-order valence-corrected chi connectivity index (χ4v) is 6.26. The molecule has 1 unspecified atom stereocenters. The highest BCUT2D eigenvalue weighted by atomic mass is 32.2. The summed E-state index contributed by atoms with van der Waals surface area (Å²) in [5.74, 6) is 0.333. The third-order valence-electron chi connectivity index (χ3n) is 5.60. The Hall–Kier alpha value is -1.70. The molecule has 0 radical (unpaired) electrons. The molecule has 3 rings (SSSR count). The summed E-state index contributed by atoms with van der Waals surface area (Å²) in [5, 5.41) is 5.17. The Morgan fingerprint density at radius 3 is 2.30 bits per heavy atom. The molecule has 1 N–H and O–H groups in total. The van der Waals surface area contributed by atoms with Gasteiger partial charge in [0.2, 0.25) is 15.9 Å². The van der Waals surface area contributed by atoms with Crippen LogP contribution in [0.15, 0.2) is 46.7 Å². The number of benzene rings is 1. The lowest BCUT2D eigenvalue weighted by atomic mass is 10.0. The van der Waals surface area contributed by atoms with Crippen molar-refractivity contribution in [1.29, 1.82) is 0 Å². The highest BCUT2D eigenvalue weighted by Gasteiger charge is 2.25. The van der Waals surface area contributed by atoms with E-state index in [2.05, 4.69) is 25.2 Å². The summed E-state index contributed by atoms with van der Waals surface area (Å²) in [4.78, 5) is 14.0. The van der Waals surface area contributed by atoms with E-state index in [-0.39, 0.29) is 11.9 Å². The van der Waals surface area contributed by atoms with Crippen molar-refractivity contribution < 1.29 is 13.2 Å². The van der Waals surface area contributed by atoms with Crippen LogP contribution in [0.5, 0.6) is 0 Å². The zero-order valence-corrected chi connectivity index (χ0v) is 19.5. The highest BCUT2D eigenvalue weighted by molar-refractivity contribution is 7.89. The van der Waals surface area contributed by atoms with Gasteiger partial charge in [-0.3, -0.25) is 4.79 Å². The van der Waals surface area contributed by atoms with Crippen LogP contribution < -0.4 is 5.32 Å². The van der Waals surface area contributed by atoms with Crippen LogP contribution in [-0.4, -0.2) is 31.7 Å². The summed E-state index contributed by atoms with van der Waals surface area (Å²) in [6.45, 7) is 5.42. The average molecular weight is 449 g/mol. The van der Waals surface area contributed by atoms with Gasteiger partial charge in [0, 0.05) is 24.4 Å². The number of amides is 1. The van der Waals surface area contributed by atoms with E-state index in [1.54, 1.807) is 27.8 Å². The summed E-state index contributed by atoms with van der Waals surface area (Å²) < 4.78 is 27.4. The van der Waals surface area contributed by atoms with Gasteiger partial charge in [-0.1, -0.05) is 44.9 Å². The van der Waals surface area contributed by atoms with Crippen molar-refractivity contribution in [3.05, 3.63) is 52.2 Å². The predicted molar refractivity (Wildman–Crippen MR) is 122 cm³/mol. The molecule has 164 valence electrons. The van der Waals surface area contributed by atoms with Crippen molar-refractivity contribution in [2.24, 2.45) is 5.92 Å². The van der Waals surface area contributed by atoms with Gasteiger partial charge in [0.1, 0.15) is 0 Å². The molecule has 2 aromatic rings. The second-order valence-electron chi connectivity index (χ2n) is 8.27. The number of sulfonamides is 1. The van der Waals surface area contributed by atoms with Crippen molar-refractivity contribution in [3.63, 3.8) is 0 Å². The summed E-state index contributed by atoms with van der Waals surface area (Å²) in [5.41, 5.74) is 0.970. The van der Waals surface area contributed by atoms with Crippen molar-refractivity contribution in [2.45, 2.75) is 63.3 Å². The summed E-state index contributed by atoms with van der Waals surface area (Å²) in [6, 6.07) is 11.1. The van der Waals surface area contributed by atoms with E-state index < -0.39 is 10.0 Å². The van der Waals surface area contributed by atoms with Gasteiger partial charge in [0.15, 0.2) is 0 Å². The molecule has 0 bridgehead atoms. The summed E-state index contributed by atoms with van der Waals surface area (Å²) in [6.07, 6.45) is 5.01. The second kappa shape index (κ2) is 10.6. The minimum atomic E-state index is -3.43. The molecule has 0 aliphatic carbocycles. The molecule has 1 saturated heterocycles. The highest BCUT2D eigenvalue weighted by Crippen LogP contribution is 2.26. The topological polar surface area (TPSA) is 66.5 Å². The normalized spacial score (nSPS) is 16.9. The van der Waals surface area contributed by atoms with Crippen LogP contribution in [0.1, 0.15) is 62.4 Å². The number of rotatable bonds is 8. The van der Waals surface area contributed by atoms with E-state index in [9.17, 15) is 13.2 Å². The van der Waals surface area contributed by atoms with Gasteiger partial charge in [-0.05, 0) is 54.3 Å². The zero-order valence-electron chi connectivity index (χ0n) is 17.8. The van der Waals surface area contributed by atoms with E-state index in [4.69, 9.17) is 0 Å². The summed E-state index contributed by atoms with van der Waals surface area (Å²) in [7, 11) is -3.43. The van der Waals surface area contributed by atoms with E-state index in [0.717, 1.165) is 31.2 Å². The standard InChI is InChI=1S/C23H32N2O3S2/c1-18(2)23(21-8-7-17-29-21)24-22(26)14-11-19-9-12-20(13-10-19)30(27,28)25-15-5-3-4-6-16-25/h7-10,12-13,17-18,23H,3-6,11,14-16H2,1-2H3,(H,24,26). The lowest BCUT2D eigenvalue weighted by molar-refractivity contribution is -0.122. The van der Waals surface area contributed by atoms with Crippen molar-refractivity contribution in [2.75, 3.05) is 13.1 Å². The first kappa shape index (κ1) is 23.0. The Labute approximate surface area is 184 Å². The van der Waals surface area contributed by atoms with Crippen LogP contribution >= 0.6 is 11.3 Å². The molecular formula is C23H32N2O3S2. The SMILES string of the molecule is CC(C)C(NC(=O)CCc1ccc(S(=O)(=O)N2CCCCCC2)cc1)c1cccs1. The molecule has 7 heteroatoms. The van der Waals surface area contributed by atoms with Crippen molar-refractivity contribution in [1.82, 2.24) is 9.62 Å². The molecule has 30 heavy (non-hydrogen) atoms. The van der Waals surface area contributed by atoms with Gasteiger partial charge in [-0.25, -0.2) is 8.42 Å². The number of aryl methyl sites for hydroxylation is 1. The number of nitrogens with one attached hydrogen (secondary N) is 1. The van der Waals surface area contributed by atoms with Crippen molar-refractivity contribution in [3.8, 4) is 0 Å². The minimum absolute atomic E-state index is 0.0170. The van der Waals surface area contributed by atoms with Crippen LogP contribution in [-0.2, 0) is 21.2 Å². The maximum absolute atomic E-state index is 12.9. The maximum atomic E-state index is 12.9. The van der Waals surface area contributed by atoms with Crippen LogP contribution in [0.3, 0.4) is 0 Å². The second-order valence-corrected chi connectivity index (χ2v) is 11.2. The van der Waals surface area contributed by atoms with Crippen molar-refractivity contribution >= 4 is 27.3 Å². The summed E-state index contributed by atoms with van der Waals surface area (Å²) >= 11 is 1.66. The van der Waals surface area contributed by atoms with Gasteiger partial charge in [-0.15, -0.1) is 11.3 Å². The molecule has 5 nitrogen and oxygen atoms in total. The minimum Gasteiger partial charge on any atom is -0.348 e. The largest absolute Gasteiger partial charge is 0.348 e. The fraction of sp³-hybridized carbons (Fsp3) is 0.522. The van der Waals surface area contributed by atoms with Crippen LogP contribution in [0, 0.1) is 5.92 Å². The van der Waals surface area contributed by atoms with Gasteiger partial charge >= 0.3 is 0 Å². The monoisotopic (exact) mass is 448 g/mol. The van der Waals surface area contributed by atoms with Crippen LogP contribution in [0.25, 0.3) is 0 Å². The molecular weight excluding hydrogens is 416 g/mol. The van der Waals surface area contributed by atoms with E-state index in [1.165, 1.54) is 4.88 Å². The molecule has 2 heterocycles. The smallest absolute Gasteiger partial charge is 0.243 e. The maximum Gasteiger partial charge on any atom is 0.243 e. The molecule has 1 atom stereocenters. The first-order valence-electron chi connectivity index (χ1n) is 10.8. The van der Waals surface area contributed by atoms with Crippen LogP contribution in [0.2, 0.25) is 0 Å². The molecule has 0 spiro atoms. The predicted octanol–water partition coefficient (Wildman–Crippen LogP) is 4.76. The third-order valence-corrected chi connectivity index (χ3v) is 8.47. The molecule has 1 aromatic carbocycles. The number of hydrogen-bond acceptors (Lipinski definition) is 4. The Morgan fingerprint density at radius 2 is 1.73 bits per heavy atom. The van der Waals surface area contributed by atoms with E-state index in [0.29, 0.717) is 36.7 Å². The number of nitrogens with zero attached hydrogens (tertiary/aromatic N) is 1. The Balaban J connectivity index is 1.57. The lowest BCUT2D eigenvalue weighted by Gasteiger charge is -2.21. The fourth-order valence-electron chi connectivity index (χ4n) is 3.80. The Morgan fingerprint density at radius 1 is 1.07 bits per heavy atom. The number of hydrogen-bond donors (Lipinski definition) is 1. The molecule has 0 saturated carbocycles. The third kappa shape index (κ3) is 5.93. The number of thiophene rings is 1. The molecule has 1 fully saturated rings. The number of carbonyl (C=O) groups is 1. The Bertz CT molecular complexity index is 898. The quantitative estimate of drug-likeness (QED) is 0.633. The first-order chi connectivity index (χ1) is 14.4. The molecule has 1 aliphatic rings. The van der Waals surface area contributed by atoms with Gasteiger partial charge in [0.05, 0.1) is 10.9 Å². The van der Waals surface area contributed by atoms with Gasteiger partial charge < -0.3 is 5.32 Å². The lowest BCUT2D eigenvalue weighted by Crippen LogP contribution is -2.32. The molecule has 1 amide bonds. The number of carbonyl (C=O) groups excluding carboxylic acids is 1. The first-order valence-corrected chi connectivity index (χ1v) is 13.1. The van der Waals surface area contributed by atoms with Crippen LogP contribution in [0.4, 0.5) is 0 Å². The molecule has 1 aromatic heterocycles. The Kier molecular flexibility index (Phi) is 8.08. The van der Waals surface area contributed by atoms with E-state index >= 15 is 0 Å².